The van der Waals surface area contributed by atoms with Gasteiger partial charge in [-0.1, -0.05) is 0 Å². The number of fused-ring (bicyclic) bond motifs is 5. The number of hydrogen-bond donors (Lipinski definition) is 1. The minimum absolute atomic E-state index is 0.636. The fraction of sp³-hybridized carbons (Fsp3) is 0.238. The molecule has 6 heteroatoms. The van der Waals surface area contributed by atoms with Gasteiger partial charge in [-0.25, -0.2) is 4.98 Å². The van der Waals surface area contributed by atoms with Crippen LogP contribution >= 0.6 is 0 Å². The summed E-state index contributed by atoms with van der Waals surface area (Å²) >= 11 is 0. The Morgan fingerprint density at radius 2 is 1.63 bits per heavy atom. The highest BCUT2D eigenvalue weighted by atomic mass is 16.5. The van der Waals surface area contributed by atoms with Gasteiger partial charge in [-0.15, -0.1) is 0 Å². The molecule has 1 aliphatic rings. The van der Waals surface area contributed by atoms with Gasteiger partial charge in [-0.2, -0.15) is 5.10 Å². The number of nitrogens with zero attached hydrogens (tertiary/aromatic N) is 2. The van der Waals surface area contributed by atoms with Crippen LogP contribution in [0.1, 0.15) is 11.1 Å². The molecule has 1 aliphatic carbocycles. The molecule has 0 aliphatic heterocycles. The van der Waals surface area contributed by atoms with Crippen molar-refractivity contribution in [3.63, 3.8) is 0 Å². The zero-order valence-electron chi connectivity index (χ0n) is 15.4. The van der Waals surface area contributed by atoms with Gasteiger partial charge >= 0.3 is 0 Å². The molecule has 5 rings (SSSR count). The molecule has 0 unspecified atom stereocenters. The number of nitrogens with one attached hydrogen (secondary N) is 1. The second-order valence-electron chi connectivity index (χ2n) is 6.62. The number of ether oxygens (including phenoxy) is 3. The maximum atomic E-state index is 5.64. The molecule has 1 N–H and O–H groups in total. The third kappa shape index (κ3) is 2.19. The predicted octanol–water partition coefficient (Wildman–Crippen LogP) is 3.90. The molecule has 27 heavy (non-hydrogen) atoms. The number of aryl methyl sites for hydroxylation is 1. The van der Waals surface area contributed by atoms with Crippen molar-refractivity contribution in [2.45, 2.75) is 12.8 Å². The Hall–Kier alpha value is -3.28. The van der Waals surface area contributed by atoms with Gasteiger partial charge in [0, 0.05) is 22.4 Å². The molecular weight excluding hydrogens is 342 g/mol. The van der Waals surface area contributed by atoms with E-state index in [2.05, 4.69) is 22.3 Å². The van der Waals surface area contributed by atoms with E-state index in [4.69, 9.17) is 19.2 Å². The Labute approximate surface area is 156 Å². The number of aromatic amines is 1. The Morgan fingerprint density at radius 1 is 0.889 bits per heavy atom. The van der Waals surface area contributed by atoms with Crippen molar-refractivity contribution in [3.05, 3.63) is 41.6 Å². The van der Waals surface area contributed by atoms with Crippen LogP contribution in [0.3, 0.4) is 0 Å². The third-order valence-corrected chi connectivity index (χ3v) is 5.37. The average molecular weight is 361 g/mol. The highest BCUT2D eigenvalue weighted by molar-refractivity contribution is 6.07. The molecule has 0 saturated carbocycles. The van der Waals surface area contributed by atoms with Crippen LogP contribution in [0.2, 0.25) is 0 Å². The summed E-state index contributed by atoms with van der Waals surface area (Å²) < 4.78 is 16.5. The molecule has 0 amide bonds. The van der Waals surface area contributed by atoms with Crippen molar-refractivity contribution < 1.29 is 14.2 Å². The standard InChI is InChI=1S/C21H19N3O3/c1-25-16-9-18(27-3)17(26-2)8-14(16)21-13-6-5-12(13)19-15(23-21)7-4-11-10-22-24-20(11)19/h4,7-10H,5-6H2,1-3H3,(H,22,24). The summed E-state index contributed by atoms with van der Waals surface area (Å²) in [6.07, 6.45) is 3.88. The van der Waals surface area contributed by atoms with Crippen molar-refractivity contribution >= 4 is 21.8 Å². The molecule has 2 heterocycles. The van der Waals surface area contributed by atoms with Gasteiger partial charge in [0.05, 0.1) is 44.3 Å². The van der Waals surface area contributed by atoms with E-state index in [-0.39, 0.29) is 0 Å². The first-order chi connectivity index (χ1) is 13.2. The molecule has 136 valence electrons. The molecule has 0 fully saturated rings. The lowest BCUT2D eigenvalue weighted by Gasteiger charge is -2.25. The van der Waals surface area contributed by atoms with Gasteiger partial charge in [0.1, 0.15) is 5.75 Å². The number of methoxy groups -OCH3 is 3. The lowest BCUT2D eigenvalue weighted by atomic mass is 9.82. The van der Waals surface area contributed by atoms with Gasteiger partial charge in [-0.3, -0.25) is 5.10 Å². The summed E-state index contributed by atoms with van der Waals surface area (Å²) in [7, 11) is 4.91. The molecule has 0 spiro atoms. The molecular formula is C21H19N3O3. The molecule has 2 aromatic heterocycles. The summed E-state index contributed by atoms with van der Waals surface area (Å²) in [6, 6.07) is 7.90. The van der Waals surface area contributed by atoms with E-state index >= 15 is 0 Å². The second kappa shape index (κ2) is 5.87. The Morgan fingerprint density at radius 3 is 2.33 bits per heavy atom. The van der Waals surface area contributed by atoms with Gasteiger partial charge in [-0.05, 0) is 42.2 Å². The van der Waals surface area contributed by atoms with Gasteiger partial charge in [0.25, 0.3) is 0 Å². The molecule has 6 nitrogen and oxygen atoms in total. The van der Waals surface area contributed by atoms with Gasteiger partial charge in [0.2, 0.25) is 0 Å². The number of benzene rings is 2. The highest BCUT2D eigenvalue weighted by Gasteiger charge is 2.27. The normalized spacial score (nSPS) is 12.7. The minimum Gasteiger partial charge on any atom is -0.496 e. The summed E-state index contributed by atoms with van der Waals surface area (Å²) in [5.74, 6) is 2.01. The van der Waals surface area contributed by atoms with E-state index in [1.165, 1.54) is 16.5 Å². The van der Waals surface area contributed by atoms with Crippen molar-refractivity contribution in [1.29, 1.82) is 0 Å². The summed E-state index contributed by atoms with van der Waals surface area (Å²) in [4.78, 5) is 5.00. The van der Waals surface area contributed by atoms with E-state index in [0.29, 0.717) is 11.5 Å². The molecule has 0 atom stereocenters. The fourth-order valence-electron chi connectivity index (χ4n) is 3.94. The Bertz CT molecular complexity index is 1200. The largest absolute Gasteiger partial charge is 0.496 e. The average Bonchev–Trinajstić information content (AvgIpc) is 3.15. The van der Waals surface area contributed by atoms with Gasteiger partial charge in [0.15, 0.2) is 11.5 Å². The number of aromatic nitrogens is 3. The summed E-state index contributed by atoms with van der Waals surface area (Å²) in [5.41, 5.74) is 6.47. The monoisotopic (exact) mass is 361 g/mol. The van der Waals surface area contributed by atoms with Crippen LogP contribution in [-0.4, -0.2) is 36.5 Å². The topological polar surface area (TPSA) is 69.3 Å². The van der Waals surface area contributed by atoms with Crippen molar-refractivity contribution in [3.8, 4) is 28.5 Å². The smallest absolute Gasteiger partial charge is 0.164 e. The van der Waals surface area contributed by atoms with E-state index in [0.717, 1.165) is 46.3 Å². The van der Waals surface area contributed by atoms with E-state index in [1.54, 1.807) is 21.3 Å². The Balaban J connectivity index is 1.82. The first-order valence-electron chi connectivity index (χ1n) is 8.83. The van der Waals surface area contributed by atoms with Crippen molar-refractivity contribution in [1.82, 2.24) is 15.2 Å². The van der Waals surface area contributed by atoms with E-state index < -0.39 is 0 Å². The van der Waals surface area contributed by atoms with E-state index in [9.17, 15) is 0 Å². The van der Waals surface area contributed by atoms with Crippen LogP contribution in [0, 0.1) is 0 Å². The zero-order chi connectivity index (χ0) is 18.5. The first-order valence-corrected chi connectivity index (χ1v) is 8.83. The van der Waals surface area contributed by atoms with Crippen LogP contribution in [-0.2, 0) is 12.8 Å². The van der Waals surface area contributed by atoms with Crippen molar-refractivity contribution in [2.24, 2.45) is 0 Å². The number of H-pyrrole nitrogens is 1. The van der Waals surface area contributed by atoms with Crippen LogP contribution in [0.4, 0.5) is 0 Å². The van der Waals surface area contributed by atoms with Crippen LogP contribution in [0.5, 0.6) is 17.2 Å². The zero-order valence-corrected chi connectivity index (χ0v) is 15.4. The van der Waals surface area contributed by atoms with Crippen molar-refractivity contribution in [2.75, 3.05) is 21.3 Å². The summed E-state index contributed by atoms with van der Waals surface area (Å²) in [6.45, 7) is 0. The third-order valence-electron chi connectivity index (χ3n) is 5.37. The molecule has 2 aromatic carbocycles. The van der Waals surface area contributed by atoms with Gasteiger partial charge < -0.3 is 14.2 Å². The lowest BCUT2D eigenvalue weighted by molar-refractivity contribution is 0.349. The quantitative estimate of drug-likeness (QED) is 0.597. The maximum absolute atomic E-state index is 5.64. The first kappa shape index (κ1) is 15.9. The molecule has 4 aromatic rings. The SMILES string of the molecule is COc1cc(OC)c(-c2nc3ccc4cn[nH]c4c3c3c2CC3)cc1OC. The molecule has 0 radical (unpaired) electrons. The minimum atomic E-state index is 0.636. The van der Waals surface area contributed by atoms with Crippen LogP contribution in [0.15, 0.2) is 30.5 Å². The molecule has 0 saturated heterocycles. The Kier molecular flexibility index (Phi) is 3.47. The molecule has 0 bridgehead atoms. The number of rotatable bonds is 4. The van der Waals surface area contributed by atoms with Crippen LogP contribution in [0.25, 0.3) is 33.1 Å². The second-order valence-corrected chi connectivity index (χ2v) is 6.62. The van der Waals surface area contributed by atoms with E-state index in [1.807, 2.05) is 18.3 Å². The highest BCUT2D eigenvalue weighted by Crippen LogP contribution is 2.45. The summed E-state index contributed by atoms with van der Waals surface area (Å²) in [5, 5.41) is 9.60. The number of pyridine rings is 1. The fourth-order valence-corrected chi connectivity index (χ4v) is 3.94. The number of hydrogen-bond acceptors (Lipinski definition) is 5. The maximum Gasteiger partial charge on any atom is 0.164 e. The van der Waals surface area contributed by atoms with Crippen LogP contribution < -0.4 is 14.2 Å². The lowest BCUT2D eigenvalue weighted by Crippen LogP contribution is -2.13. The predicted molar refractivity (Wildman–Crippen MR) is 104 cm³/mol.